The predicted molar refractivity (Wildman–Crippen MR) is 93.7 cm³/mol. The van der Waals surface area contributed by atoms with Gasteiger partial charge in [-0.2, -0.15) is 0 Å². The Labute approximate surface area is 142 Å². The molecule has 0 radical (unpaired) electrons. The molecule has 0 bridgehead atoms. The number of nitrogens with zero attached hydrogens (tertiary/aromatic N) is 1. The molecule has 0 aromatic heterocycles. The minimum atomic E-state index is -0.360. The summed E-state index contributed by atoms with van der Waals surface area (Å²) in [7, 11) is 3.36. The summed E-state index contributed by atoms with van der Waals surface area (Å²) in [6.45, 7) is 1.88. The van der Waals surface area contributed by atoms with Gasteiger partial charge in [0.2, 0.25) is 5.91 Å². The number of ketones is 1. The van der Waals surface area contributed by atoms with Gasteiger partial charge in [0.05, 0.1) is 13.0 Å². The van der Waals surface area contributed by atoms with Gasteiger partial charge >= 0.3 is 0 Å². The van der Waals surface area contributed by atoms with E-state index in [0.29, 0.717) is 17.7 Å². The van der Waals surface area contributed by atoms with Crippen LogP contribution in [0.3, 0.4) is 0 Å². The molecule has 0 saturated carbocycles. The first-order valence-corrected chi connectivity index (χ1v) is 8.07. The van der Waals surface area contributed by atoms with Crippen molar-refractivity contribution in [3.8, 4) is 5.75 Å². The molecule has 1 aliphatic rings. The standard InChI is InChI=1S/C20H21NO3/c1-13-11-17(19(22)14-7-5-4-6-8-14)16-12-15(24-3)9-10-18(16)21(2)20(13)23/h4-10,12-13,17H,11H2,1-3H3. The number of hydrogen-bond acceptors (Lipinski definition) is 3. The fourth-order valence-electron chi connectivity index (χ4n) is 3.33. The Morgan fingerprint density at radius 1 is 1.17 bits per heavy atom. The van der Waals surface area contributed by atoms with Crippen LogP contribution in [0.25, 0.3) is 0 Å². The molecule has 0 saturated heterocycles. The summed E-state index contributed by atoms with van der Waals surface area (Å²) in [6, 6.07) is 14.8. The first-order chi connectivity index (χ1) is 11.5. The van der Waals surface area contributed by atoms with Gasteiger partial charge in [0, 0.05) is 24.2 Å². The maximum Gasteiger partial charge on any atom is 0.229 e. The van der Waals surface area contributed by atoms with E-state index in [1.165, 1.54) is 0 Å². The zero-order valence-corrected chi connectivity index (χ0v) is 14.2. The molecule has 124 valence electrons. The summed E-state index contributed by atoms with van der Waals surface area (Å²) in [5.74, 6) is 0.187. The van der Waals surface area contributed by atoms with E-state index < -0.39 is 0 Å². The van der Waals surface area contributed by atoms with Crippen LogP contribution >= 0.6 is 0 Å². The van der Waals surface area contributed by atoms with Crippen LogP contribution in [0.1, 0.15) is 35.2 Å². The number of fused-ring (bicyclic) bond motifs is 1. The lowest BCUT2D eigenvalue weighted by Gasteiger charge is -2.21. The molecule has 0 aliphatic carbocycles. The SMILES string of the molecule is COc1ccc2c(c1)C(C(=O)c1ccccc1)CC(C)C(=O)N2C. The lowest BCUT2D eigenvalue weighted by Crippen LogP contribution is -2.30. The zero-order chi connectivity index (χ0) is 17.3. The highest BCUT2D eigenvalue weighted by Crippen LogP contribution is 2.40. The van der Waals surface area contributed by atoms with Gasteiger partial charge in [-0.05, 0) is 30.2 Å². The number of hydrogen-bond donors (Lipinski definition) is 0. The van der Waals surface area contributed by atoms with Gasteiger partial charge in [0.15, 0.2) is 5.78 Å². The van der Waals surface area contributed by atoms with Crippen LogP contribution < -0.4 is 9.64 Å². The van der Waals surface area contributed by atoms with E-state index in [0.717, 1.165) is 11.3 Å². The normalized spacial score (nSPS) is 20.3. The Hall–Kier alpha value is -2.62. The second-order valence-electron chi connectivity index (χ2n) is 6.24. The van der Waals surface area contributed by atoms with Gasteiger partial charge in [-0.3, -0.25) is 9.59 Å². The first-order valence-electron chi connectivity index (χ1n) is 8.07. The molecule has 1 heterocycles. The van der Waals surface area contributed by atoms with Gasteiger partial charge < -0.3 is 9.64 Å². The van der Waals surface area contributed by atoms with Crippen LogP contribution in [0.2, 0.25) is 0 Å². The summed E-state index contributed by atoms with van der Waals surface area (Å²) >= 11 is 0. The van der Waals surface area contributed by atoms with Crippen LogP contribution in [0.5, 0.6) is 5.75 Å². The van der Waals surface area contributed by atoms with Crippen molar-refractivity contribution in [1.82, 2.24) is 0 Å². The average Bonchev–Trinajstić information content (AvgIpc) is 2.72. The lowest BCUT2D eigenvalue weighted by molar-refractivity contribution is -0.121. The maximum absolute atomic E-state index is 13.1. The number of carbonyl (C=O) groups is 2. The molecule has 24 heavy (non-hydrogen) atoms. The van der Waals surface area contributed by atoms with E-state index in [4.69, 9.17) is 4.74 Å². The number of anilines is 1. The van der Waals surface area contributed by atoms with E-state index >= 15 is 0 Å². The number of Topliss-reactive ketones (excluding diaryl/α,β-unsaturated/α-hetero) is 1. The Balaban J connectivity index is 2.13. The smallest absolute Gasteiger partial charge is 0.229 e. The quantitative estimate of drug-likeness (QED) is 0.810. The Kier molecular flexibility index (Phi) is 4.38. The number of carbonyl (C=O) groups excluding carboxylic acids is 2. The molecule has 2 aromatic rings. The van der Waals surface area contributed by atoms with Gasteiger partial charge in [0.25, 0.3) is 0 Å². The van der Waals surface area contributed by atoms with Crippen LogP contribution in [-0.4, -0.2) is 25.8 Å². The number of amides is 1. The highest BCUT2D eigenvalue weighted by atomic mass is 16.5. The molecule has 4 nitrogen and oxygen atoms in total. The van der Waals surface area contributed by atoms with Gasteiger partial charge in [-0.15, -0.1) is 0 Å². The summed E-state index contributed by atoms with van der Waals surface area (Å²) in [4.78, 5) is 27.3. The van der Waals surface area contributed by atoms with Crippen LogP contribution in [0.4, 0.5) is 5.69 Å². The van der Waals surface area contributed by atoms with Crippen molar-refractivity contribution < 1.29 is 14.3 Å². The third kappa shape index (κ3) is 2.80. The van der Waals surface area contributed by atoms with Gasteiger partial charge in [-0.1, -0.05) is 37.3 Å². The summed E-state index contributed by atoms with van der Waals surface area (Å²) < 4.78 is 5.33. The van der Waals surface area contributed by atoms with E-state index in [2.05, 4.69) is 0 Å². The number of benzene rings is 2. The fourth-order valence-corrected chi connectivity index (χ4v) is 3.33. The van der Waals surface area contributed by atoms with Crippen LogP contribution in [0, 0.1) is 5.92 Å². The fraction of sp³-hybridized carbons (Fsp3) is 0.300. The molecule has 1 aliphatic heterocycles. The topological polar surface area (TPSA) is 46.6 Å². The van der Waals surface area contributed by atoms with Crippen molar-refractivity contribution in [2.75, 3.05) is 19.1 Å². The Bertz CT molecular complexity index is 770. The van der Waals surface area contributed by atoms with Gasteiger partial charge in [0.1, 0.15) is 5.75 Å². The molecular weight excluding hydrogens is 302 g/mol. The largest absolute Gasteiger partial charge is 0.497 e. The van der Waals surface area contributed by atoms with E-state index in [1.807, 2.05) is 55.5 Å². The maximum atomic E-state index is 13.1. The Morgan fingerprint density at radius 2 is 1.88 bits per heavy atom. The minimum Gasteiger partial charge on any atom is -0.497 e. The van der Waals surface area contributed by atoms with Gasteiger partial charge in [-0.25, -0.2) is 0 Å². The second-order valence-corrected chi connectivity index (χ2v) is 6.24. The van der Waals surface area contributed by atoms with Crippen molar-refractivity contribution in [2.45, 2.75) is 19.3 Å². The highest BCUT2D eigenvalue weighted by Gasteiger charge is 2.35. The predicted octanol–water partition coefficient (Wildman–Crippen LogP) is 3.66. The molecule has 1 amide bonds. The summed E-state index contributed by atoms with van der Waals surface area (Å²) in [5, 5.41) is 0. The number of ether oxygens (including phenoxy) is 1. The van der Waals surface area contributed by atoms with Crippen molar-refractivity contribution in [2.24, 2.45) is 5.92 Å². The van der Waals surface area contributed by atoms with Crippen LogP contribution in [-0.2, 0) is 4.79 Å². The number of methoxy groups -OCH3 is 1. The second kappa shape index (κ2) is 6.48. The van der Waals surface area contributed by atoms with Crippen LogP contribution in [0.15, 0.2) is 48.5 Å². The first kappa shape index (κ1) is 16.2. The molecule has 0 fully saturated rings. The van der Waals surface area contributed by atoms with Crippen molar-refractivity contribution in [3.05, 3.63) is 59.7 Å². The number of rotatable bonds is 3. The summed E-state index contributed by atoms with van der Waals surface area (Å²) in [6.07, 6.45) is 0.497. The zero-order valence-electron chi connectivity index (χ0n) is 14.2. The molecule has 3 rings (SSSR count). The van der Waals surface area contributed by atoms with E-state index in [9.17, 15) is 9.59 Å². The average molecular weight is 323 g/mol. The third-order valence-electron chi connectivity index (χ3n) is 4.69. The van der Waals surface area contributed by atoms with Crippen molar-refractivity contribution in [3.63, 3.8) is 0 Å². The van der Waals surface area contributed by atoms with E-state index in [-0.39, 0.29) is 23.5 Å². The third-order valence-corrected chi connectivity index (χ3v) is 4.69. The molecule has 0 N–H and O–H groups in total. The van der Waals surface area contributed by atoms with Crippen molar-refractivity contribution >= 4 is 17.4 Å². The molecule has 4 heteroatoms. The Morgan fingerprint density at radius 3 is 2.54 bits per heavy atom. The van der Waals surface area contributed by atoms with E-state index in [1.54, 1.807) is 19.1 Å². The monoisotopic (exact) mass is 323 g/mol. The van der Waals surface area contributed by atoms with Crippen molar-refractivity contribution in [1.29, 1.82) is 0 Å². The highest BCUT2D eigenvalue weighted by molar-refractivity contribution is 6.05. The molecular formula is C20H21NO3. The molecule has 0 spiro atoms. The molecule has 2 unspecified atom stereocenters. The molecule has 2 atom stereocenters. The molecule has 2 aromatic carbocycles. The lowest BCUT2D eigenvalue weighted by atomic mass is 9.84. The minimum absolute atomic E-state index is 0.0322. The summed E-state index contributed by atoms with van der Waals surface area (Å²) in [5.41, 5.74) is 2.29.